The fourth-order valence-electron chi connectivity index (χ4n) is 2.55. The summed E-state index contributed by atoms with van der Waals surface area (Å²) < 4.78 is 15.0. The molecule has 112 valence electrons. The molecule has 0 saturated heterocycles. The molecule has 0 atom stereocenters. The van der Waals surface area contributed by atoms with Gasteiger partial charge in [0.25, 0.3) is 0 Å². The smallest absolute Gasteiger partial charge is 0.155 e. The minimum absolute atomic E-state index is 0.246. The van der Waals surface area contributed by atoms with Crippen LogP contribution in [0, 0.1) is 26.6 Å². The molecule has 22 heavy (non-hydrogen) atoms. The van der Waals surface area contributed by atoms with Gasteiger partial charge in [0.1, 0.15) is 11.5 Å². The number of benzene rings is 2. The van der Waals surface area contributed by atoms with Gasteiger partial charge in [0.2, 0.25) is 0 Å². The summed E-state index contributed by atoms with van der Waals surface area (Å²) in [5.74, 6) is 0.194. The number of nitrogen functional groups attached to an aromatic ring is 1. The number of nitrogens with zero attached hydrogens (tertiary/aromatic N) is 3. The molecule has 0 unspecified atom stereocenters. The predicted octanol–water partition coefficient (Wildman–Crippen LogP) is 3.58. The fraction of sp³-hybridized carbons (Fsp3) is 0.176. The first-order chi connectivity index (χ1) is 10.5. The standard InChI is InChI=1S/C17H17FN4/c1-10-6-11(2)8-14(7-10)22-17(19)16(20-21-22)13-4-5-15(18)12(3)9-13/h4-9H,19H2,1-3H3. The van der Waals surface area contributed by atoms with Crippen molar-refractivity contribution in [3.05, 3.63) is 58.9 Å². The normalized spacial score (nSPS) is 10.9. The zero-order valence-corrected chi connectivity index (χ0v) is 12.8. The Morgan fingerprint density at radius 3 is 2.32 bits per heavy atom. The molecular formula is C17H17FN4. The Hall–Kier alpha value is -2.69. The number of aromatic nitrogens is 3. The van der Waals surface area contributed by atoms with Gasteiger partial charge in [-0.2, -0.15) is 4.68 Å². The van der Waals surface area contributed by atoms with E-state index in [1.165, 1.54) is 6.07 Å². The highest BCUT2D eigenvalue weighted by Crippen LogP contribution is 2.27. The van der Waals surface area contributed by atoms with Crippen LogP contribution in [0.25, 0.3) is 16.9 Å². The molecule has 0 saturated carbocycles. The molecule has 1 heterocycles. The Morgan fingerprint density at radius 1 is 1.00 bits per heavy atom. The number of rotatable bonds is 2. The lowest BCUT2D eigenvalue weighted by atomic mass is 10.1. The molecule has 0 bridgehead atoms. The van der Waals surface area contributed by atoms with E-state index in [2.05, 4.69) is 16.4 Å². The van der Waals surface area contributed by atoms with Crippen molar-refractivity contribution in [1.82, 2.24) is 15.0 Å². The summed E-state index contributed by atoms with van der Waals surface area (Å²) in [5, 5.41) is 8.30. The number of nitrogens with two attached hydrogens (primary N) is 1. The van der Waals surface area contributed by atoms with Crippen LogP contribution in [0.2, 0.25) is 0 Å². The number of hydrogen-bond acceptors (Lipinski definition) is 3. The molecule has 0 aliphatic heterocycles. The summed E-state index contributed by atoms with van der Waals surface area (Å²) in [5.41, 5.74) is 11.2. The van der Waals surface area contributed by atoms with Gasteiger partial charge in [-0.3, -0.25) is 0 Å². The Labute approximate surface area is 128 Å². The number of halogens is 1. The van der Waals surface area contributed by atoms with E-state index in [1.54, 1.807) is 23.7 Å². The minimum atomic E-state index is -0.246. The Bertz CT molecular complexity index is 832. The highest BCUT2D eigenvalue weighted by atomic mass is 19.1. The second kappa shape index (κ2) is 5.26. The van der Waals surface area contributed by atoms with Gasteiger partial charge in [-0.25, -0.2) is 4.39 Å². The van der Waals surface area contributed by atoms with E-state index >= 15 is 0 Å². The Balaban J connectivity index is 2.10. The molecule has 3 rings (SSSR count). The van der Waals surface area contributed by atoms with Crippen LogP contribution >= 0.6 is 0 Å². The summed E-state index contributed by atoms with van der Waals surface area (Å²) in [7, 11) is 0. The van der Waals surface area contributed by atoms with Gasteiger partial charge >= 0.3 is 0 Å². The molecule has 0 fully saturated rings. The van der Waals surface area contributed by atoms with Crippen LogP contribution in [-0.4, -0.2) is 15.0 Å². The van der Waals surface area contributed by atoms with Gasteiger partial charge in [0.05, 0.1) is 5.69 Å². The van der Waals surface area contributed by atoms with Crippen molar-refractivity contribution >= 4 is 5.82 Å². The van der Waals surface area contributed by atoms with Gasteiger partial charge < -0.3 is 5.73 Å². The van der Waals surface area contributed by atoms with Crippen molar-refractivity contribution in [2.45, 2.75) is 20.8 Å². The highest BCUT2D eigenvalue weighted by Gasteiger charge is 2.14. The lowest BCUT2D eigenvalue weighted by Crippen LogP contribution is -2.03. The molecule has 5 heteroatoms. The molecule has 2 aromatic carbocycles. The van der Waals surface area contributed by atoms with Crippen LogP contribution in [0.5, 0.6) is 0 Å². The summed E-state index contributed by atoms with van der Waals surface area (Å²) >= 11 is 0. The van der Waals surface area contributed by atoms with E-state index in [1.807, 2.05) is 26.0 Å². The second-order valence-electron chi connectivity index (χ2n) is 5.54. The third-order valence-corrected chi connectivity index (χ3v) is 3.59. The van der Waals surface area contributed by atoms with E-state index < -0.39 is 0 Å². The largest absolute Gasteiger partial charge is 0.382 e. The van der Waals surface area contributed by atoms with E-state index in [4.69, 9.17) is 5.73 Å². The molecule has 2 N–H and O–H groups in total. The van der Waals surface area contributed by atoms with Crippen LogP contribution in [0.3, 0.4) is 0 Å². The van der Waals surface area contributed by atoms with Crippen molar-refractivity contribution in [3.8, 4) is 16.9 Å². The summed E-state index contributed by atoms with van der Waals surface area (Å²) in [6.07, 6.45) is 0. The summed E-state index contributed by atoms with van der Waals surface area (Å²) in [6, 6.07) is 10.9. The van der Waals surface area contributed by atoms with Crippen LogP contribution in [-0.2, 0) is 0 Å². The molecule has 1 aromatic heterocycles. The predicted molar refractivity (Wildman–Crippen MR) is 85.4 cm³/mol. The summed E-state index contributed by atoms with van der Waals surface area (Å²) in [4.78, 5) is 0. The Morgan fingerprint density at radius 2 is 1.68 bits per heavy atom. The second-order valence-corrected chi connectivity index (χ2v) is 5.54. The number of aryl methyl sites for hydroxylation is 3. The molecule has 0 aliphatic carbocycles. The number of anilines is 1. The first-order valence-electron chi connectivity index (χ1n) is 7.02. The molecule has 0 aliphatic rings. The SMILES string of the molecule is Cc1cc(C)cc(-n2nnc(-c3ccc(F)c(C)c3)c2N)c1. The first kappa shape index (κ1) is 14.3. The van der Waals surface area contributed by atoms with Crippen molar-refractivity contribution in [2.75, 3.05) is 5.73 Å². The van der Waals surface area contributed by atoms with Crippen molar-refractivity contribution in [1.29, 1.82) is 0 Å². The number of hydrogen-bond donors (Lipinski definition) is 1. The average molecular weight is 296 g/mol. The third kappa shape index (κ3) is 2.45. The Kier molecular flexibility index (Phi) is 3.41. The van der Waals surface area contributed by atoms with Crippen LogP contribution in [0.15, 0.2) is 36.4 Å². The van der Waals surface area contributed by atoms with Crippen LogP contribution < -0.4 is 5.73 Å². The van der Waals surface area contributed by atoms with Gasteiger partial charge in [0, 0.05) is 5.56 Å². The maximum atomic E-state index is 13.4. The highest BCUT2D eigenvalue weighted by molar-refractivity contribution is 5.71. The van der Waals surface area contributed by atoms with Gasteiger partial charge in [0.15, 0.2) is 5.82 Å². The van der Waals surface area contributed by atoms with Crippen LogP contribution in [0.4, 0.5) is 10.2 Å². The van der Waals surface area contributed by atoms with Gasteiger partial charge in [-0.15, -0.1) is 5.10 Å². The first-order valence-corrected chi connectivity index (χ1v) is 7.02. The maximum Gasteiger partial charge on any atom is 0.155 e. The molecule has 0 amide bonds. The third-order valence-electron chi connectivity index (χ3n) is 3.59. The van der Waals surface area contributed by atoms with E-state index in [9.17, 15) is 4.39 Å². The lowest BCUT2D eigenvalue weighted by Gasteiger charge is -2.07. The quantitative estimate of drug-likeness (QED) is 0.786. The van der Waals surface area contributed by atoms with E-state index in [-0.39, 0.29) is 5.82 Å². The molecule has 0 spiro atoms. The van der Waals surface area contributed by atoms with Gasteiger partial charge in [-0.05, 0) is 67.8 Å². The van der Waals surface area contributed by atoms with Crippen molar-refractivity contribution < 1.29 is 4.39 Å². The van der Waals surface area contributed by atoms with Crippen molar-refractivity contribution in [2.24, 2.45) is 0 Å². The molecule has 4 nitrogen and oxygen atoms in total. The zero-order valence-electron chi connectivity index (χ0n) is 12.8. The van der Waals surface area contributed by atoms with E-state index in [0.717, 1.165) is 22.4 Å². The maximum absolute atomic E-state index is 13.4. The monoisotopic (exact) mass is 296 g/mol. The lowest BCUT2D eigenvalue weighted by molar-refractivity contribution is 0.619. The minimum Gasteiger partial charge on any atom is -0.382 e. The van der Waals surface area contributed by atoms with Gasteiger partial charge in [-0.1, -0.05) is 11.3 Å². The molecule has 0 radical (unpaired) electrons. The van der Waals surface area contributed by atoms with Crippen LogP contribution in [0.1, 0.15) is 16.7 Å². The average Bonchev–Trinajstić information content (AvgIpc) is 2.83. The molecular weight excluding hydrogens is 279 g/mol. The van der Waals surface area contributed by atoms with Crippen molar-refractivity contribution in [3.63, 3.8) is 0 Å². The molecule has 3 aromatic rings. The van der Waals surface area contributed by atoms with E-state index in [0.29, 0.717) is 17.1 Å². The fourth-order valence-corrected chi connectivity index (χ4v) is 2.55. The zero-order chi connectivity index (χ0) is 15.9. The topological polar surface area (TPSA) is 56.7 Å². The summed E-state index contributed by atoms with van der Waals surface area (Å²) in [6.45, 7) is 5.76.